The summed E-state index contributed by atoms with van der Waals surface area (Å²) in [6.07, 6.45) is 0.341. The molecule has 0 aromatic carbocycles. The molecule has 0 amide bonds. The lowest BCUT2D eigenvalue weighted by molar-refractivity contribution is -0.145. The number of hydrogen-bond acceptors (Lipinski definition) is 5. The Hall–Kier alpha value is -1.65. The molecule has 1 aromatic heterocycles. The fourth-order valence-corrected chi connectivity index (χ4v) is 2.64. The summed E-state index contributed by atoms with van der Waals surface area (Å²) in [6.45, 7) is 8.75. The Morgan fingerprint density at radius 2 is 1.67 bits per heavy atom. The minimum absolute atomic E-state index is 0.103. The van der Waals surface area contributed by atoms with Gasteiger partial charge in [-0.2, -0.15) is 0 Å². The number of nitrogens with zero attached hydrogens (tertiary/aromatic N) is 3. The first-order chi connectivity index (χ1) is 11.3. The molecule has 134 valence electrons. The summed E-state index contributed by atoms with van der Waals surface area (Å²) in [4.78, 5) is 48.8. The zero-order valence-electron chi connectivity index (χ0n) is 14.1. The molecule has 0 fully saturated rings. The second-order valence-electron chi connectivity index (χ2n) is 5.37. The molecule has 8 nitrogen and oxygen atoms in total. The van der Waals surface area contributed by atoms with Gasteiger partial charge >= 0.3 is 23.0 Å². The zero-order chi connectivity index (χ0) is 18.4. The van der Waals surface area contributed by atoms with Gasteiger partial charge < -0.3 is 4.74 Å². The third-order valence-electron chi connectivity index (χ3n) is 3.42. The average molecular weight is 451 g/mol. The highest BCUT2D eigenvalue weighted by molar-refractivity contribution is 14.1. The van der Waals surface area contributed by atoms with Gasteiger partial charge in [-0.3, -0.25) is 0 Å². The van der Waals surface area contributed by atoms with E-state index in [0.29, 0.717) is 12.8 Å². The van der Waals surface area contributed by atoms with Crippen molar-refractivity contribution in [3.8, 4) is 0 Å². The first-order valence-corrected chi connectivity index (χ1v) is 9.17. The minimum Gasteiger partial charge on any atom is -0.457 e. The van der Waals surface area contributed by atoms with Gasteiger partial charge in [0.1, 0.15) is 6.10 Å². The van der Waals surface area contributed by atoms with E-state index in [9.17, 15) is 19.2 Å². The number of aromatic nitrogens is 3. The predicted molar refractivity (Wildman–Crippen MR) is 98.5 cm³/mol. The highest BCUT2D eigenvalue weighted by atomic mass is 127. The Morgan fingerprint density at radius 3 is 2.12 bits per heavy atom. The van der Waals surface area contributed by atoms with Gasteiger partial charge in [0.25, 0.3) is 0 Å². The van der Waals surface area contributed by atoms with Crippen LogP contribution in [0.25, 0.3) is 0 Å². The summed E-state index contributed by atoms with van der Waals surface area (Å²) in [5, 5.41) is 0. The van der Waals surface area contributed by atoms with Crippen LogP contribution in [0, 0.1) is 0 Å². The van der Waals surface area contributed by atoms with Crippen molar-refractivity contribution in [2.75, 3.05) is 0 Å². The van der Waals surface area contributed by atoms with Crippen molar-refractivity contribution in [2.45, 2.75) is 57.4 Å². The SMILES string of the molecule is C=C(C)C(=O)OC(CC)Cn1c(=O)n(CI)c(=O)n(CCC)c1=O. The van der Waals surface area contributed by atoms with Gasteiger partial charge in [-0.1, -0.05) is 43.0 Å². The average Bonchev–Trinajstić information content (AvgIpc) is 2.54. The maximum absolute atomic E-state index is 12.5. The van der Waals surface area contributed by atoms with Gasteiger partial charge in [0.15, 0.2) is 0 Å². The monoisotopic (exact) mass is 451 g/mol. The molecule has 1 rings (SSSR count). The molecule has 0 saturated heterocycles. The largest absolute Gasteiger partial charge is 0.457 e. The maximum atomic E-state index is 12.5. The molecule has 9 heteroatoms. The van der Waals surface area contributed by atoms with Crippen molar-refractivity contribution < 1.29 is 9.53 Å². The Bertz CT molecular complexity index is 790. The van der Waals surface area contributed by atoms with E-state index in [2.05, 4.69) is 6.58 Å². The molecule has 0 radical (unpaired) electrons. The molecule has 0 N–H and O–H groups in total. The number of rotatable bonds is 8. The predicted octanol–water partition coefficient (Wildman–Crippen LogP) is 0.872. The molecule has 0 bridgehead atoms. The van der Waals surface area contributed by atoms with Gasteiger partial charge in [0, 0.05) is 12.1 Å². The van der Waals surface area contributed by atoms with Crippen molar-refractivity contribution in [3.63, 3.8) is 0 Å². The van der Waals surface area contributed by atoms with Gasteiger partial charge in [0.05, 0.1) is 11.1 Å². The van der Waals surface area contributed by atoms with Gasteiger partial charge in [0.2, 0.25) is 0 Å². The second kappa shape index (κ2) is 9.00. The fraction of sp³-hybridized carbons (Fsp3) is 0.600. The molecular weight excluding hydrogens is 429 g/mol. The van der Waals surface area contributed by atoms with Crippen LogP contribution in [0.4, 0.5) is 0 Å². The van der Waals surface area contributed by atoms with E-state index >= 15 is 0 Å². The molecule has 0 saturated carbocycles. The highest BCUT2D eigenvalue weighted by Gasteiger charge is 2.20. The number of alkyl halides is 1. The summed E-state index contributed by atoms with van der Waals surface area (Å²) in [7, 11) is 0. The zero-order valence-corrected chi connectivity index (χ0v) is 16.2. The maximum Gasteiger partial charge on any atom is 0.337 e. The molecule has 0 aliphatic heterocycles. The van der Waals surface area contributed by atoms with Crippen LogP contribution in [-0.4, -0.2) is 25.8 Å². The molecule has 0 aliphatic rings. The Balaban J connectivity index is 3.37. The smallest absolute Gasteiger partial charge is 0.337 e. The first kappa shape index (κ1) is 20.4. The molecular formula is C15H22IN3O5. The number of carbonyl (C=O) groups excluding carboxylic acids is 1. The van der Waals surface area contributed by atoms with Crippen LogP contribution in [-0.2, 0) is 27.2 Å². The van der Waals surface area contributed by atoms with Crippen LogP contribution in [0.2, 0.25) is 0 Å². The van der Waals surface area contributed by atoms with Crippen LogP contribution in [0.15, 0.2) is 26.5 Å². The van der Waals surface area contributed by atoms with E-state index in [1.165, 1.54) is 6.92 Å². The normalized spacial score (nSPS) is 12.0. The molecule has 24 heavy (non-hydrogen) atoms. The summed E-state index contributed by atoms with van der Waals surface area (Å²) in [6, 6.07) is 0. The van der Waals surface area contributed by atoms with E-state index in [1.54, 1.807) is 6.92 Å². The van der Waals surface area contributed by atoms with E-state index in [0.717, 1.165) is 13.7 Å². The summed E-state index contributed by atoms with van der Waals surface area (Å²) >= 11 is 1.89. The lowest BCUT2D eigenvalue weighted by Gasteiger charge is -2.18. The summed E-state index contributed by atoms with van der Waals surface area (Å²) in [5.74, 6) is -0.578. The summed E-state index contributed by atoms with van der Waals surface area (Å²) in [5.41, 5.74) is -1.76. The quantitative estimate of drug-likeness (QED) is 0.253. The van der Waals surface area contributed by atoms with Crippen molar-refractivity contribution in [3.05, 3.63) is 43.6 Å². The van der Waals surface area contributed by atoms with E-state index in [1.807, 2.05) is 29.5 Å². The first-order valence-electron chi connectivity index (χ1n) is 7.65. The van der Waals surface area contributed by atoms with Gasteiger partial charge in [-0.05, 0) is 19.8 Å². The van der Waals surface area contributed by atoms with Crippen molar-refractivity contribution in [1.82, 2.24) is 13.7 Å². The number of esters is 1. The number of hydrogen-bond donors (Lipinski definition) is 0. The highest BCUT2D eigenvalue weighted by Crippen LogP contribution is 2.04. The van der Waals surface area contributed by atoms with Gasteiger partial charge in [-0.15, -0.1) is 0 Å². The number of carbonyl (C=O) groups is 1. The number of halogens is 1. The molecule has 1 atom stereocenters. The van der Waals surface area contributed by atoms with Crippen LogP contribution in [0.3, 0.4) is 0 Å². The van der Waals surface area contributed by atoms with Crippen LogP contribution >= 0.6 is 22.6 Å². The Kier molecular flexibility index (Phi) is 7.64. The lowest BCUT2D eigenvalue weighted by atomic mass is 10.2. The molecule has 1 heterocycles. The second-order valence-corrected chi connectivity index (χ2v) is 6.06. The lowest BCUT2D eigenvalue weighted by Crippen LogP contribution is -2.55. The summed E-state index contributed by atoms with van der Waals surface area (Å²) < 4.78 is 8.35. The fourth-order valence-electron chi connectivity index (χ4n) is 2.06. The van der Waals surface area contributed by atoms with Crippen molar-refractivity contribution >= 4 is 28.6 Å². The van der Waals surface area contributed by atoms with Crippen molar-refractivity contribution in [2.24, 2.45) is 0 Å². The van der Waals surface area contributed by atoms with E-state index < -0.39 is 29.1 Å². The molecule has 1 aromatic rings. The van der Waals surface area contributed by atoms with Gasteiger partial charge in [-0.25, -0.2) is 32.9 Å². The van der Waals surface area contributed by atoms with Crippen molar-refractivity contribution in [1.29, 1.82) is 0 Å². The topological polar surface area (TPSA) is 92.3 Å². The van der Waals surface area contributed by atoms with Crippen LogP contribution in [0.1, 0.15) is 33.6 Å². The van der Waals surface area contributed by atoms with Crippen LogP contribution in [0.5, 0.6) is 0 Å². The Morgan fingerprint density at radius 1 is 1.12 bits per heavy atom. The number of ether oxygens (including phenoxy) is 1. The Labute approximate surface area is 152 Å². The van der Waals surface area contributed by atoms with E-state index in [4.69, 9.17) is 4.74 Å². The third kappa shape index (κ3) is 4.46. The minimum atomic E-state index is -0.698. The molecule has 1 unspecified atom stereocenters. The molecule has 0 spiro atoms. The molecule has 0 aliphatic carbocycles. The third-order valence-corrected chi connectivity index (χ3v) is 4.10. The standard InChI is InChI=1S/C15H22IN3O5/c1-5-7-17-13(21)18(15(23)19(9-16)14(17)22)8-11(6-2)24-12(20)10(3)4/h11H,3,5-9H2,1-2,4H3. The van der Waals surface area contributed by atoms with Crippen LogP contribution < -0.4 is 17.1 Å². The van der Waals surface area contributed by atoms with E-state index in [-0.39, 0.29) is 23.2 Å².